The summed E-state index contributed by atoms with van der Waals surface area (Å²) in [6.07, 6.45) is 1.42. The fraction of sp³-hybridized carbons (Fsp3) is 0.261. The van der Waals surface area contributed by atoms with Gasteiger partial charge in [-0.05, 0) is 55.7 Å². The number of aromatic amines is 1. The zero-order valence-corrected chi connectivity index (χ0v) is 17.4. The van der Waals surface area contributed by atoms with E-state index in [1.807, 2.05) is 31.2 Å². The summed E-state index contributed by atoms with van der Waals surface area (Å²) in [6, 6.07) is 16.6. The molecule has 0 saturated carbocycles. The summed E-state index contributed by atoms with van der Waals surface area (Å²) in [4.78, 5) is 27.1. The van der Waals surface area contributed by atoms with Crippen molar-refractivity contribution in [3.63, 3.8) is 0 Å². The van der Waals surface area contributed by atoms with Gasteiger partial charge >= 0.3 is 0 Å². The Labute approximate surface area is 180 Å². The lowest BCUT2D eigenvalue weighted by Crippen LogP contribution is -2.46. The number of amides is 2. The molecule has 154 valence electrons. The van der Waals surface area contributed by atoms with Gasteiger partial charge in [0.2, 0.25) is 0 Å². The number of rotatable bonds is 4. The third-order valence-electron chi connectivity index (χ3n) is 5.45. The summed E-state index contributed by atoms with van der Waals surface area (Å²) >= 11 is 5.87. The van der Waals surface area contributed by atoms with Crippen LogP contribution in [-0.2, 0) is 0 Å². The van der Waals surface area contributed by atoms with Crippen LogP contribution in [0, 0.1) is 6.92 Å². The molecule has 0 radical (unpaired) electrons. The Morgan fingerprint density at radius 3 is 2.50 bits per heavy atom. The van der Waals surface area contributed by atoms with E-state index >= 15 is 0 Å². The maximum absolute atomic E-state index is 12.9. The van der Waals surface area contributed by atoms with Crippen LogP contribution in [0.5, 0.6) is 0 Å². The van der Waals surface area contributed by atoms with Crippen molar-refractivity contribution in [1.82, 2.24) is 20.4 Å². The second kappa shape index (κ2) is 8.71. The Morgan fingerprint density at radius 1 is 1.10 bits per heavy atom. The number of benzene rings is 2. The van der Waals surface area contributed by atoms with Crippen LogP contribution in [0.15, 0.2) is 54.6 Å². The molecule has 0 bridgehead atoms. The number of aryl methyl sites for hydroxylation is 1. The number of hydrogen-bond donors (Lipinski definition) is 2. The fourth-order valence-electron chi connectivity index (χ4n) is 3.70. The highest BCUT2D eigenvalue weighted by molar-refractivity contribution is 6.30. The highest BCUT2D eigenvalue weighted by Crippen LogP contribution is 2.22. The number of piperidine rings is 1. The fourth-order valence-corrected chi connectivity index (χ4v) is 3.82. The van der Waals surface area contributed by atoms with E-state index in [0.29, 0.717) is 42.2 Å². The SMILES string of the molecule is Cc1ccccc1-c1cc(C(=O)N2CCC(NC(=O)c3ccc(Cl)cc3)CC2)[nH]n1. The number of hydrogen-bond acceptors (Lipinski definition) is 3. The van der Waals surface area contributed by atoms with E-state index in [-0.39, 0.29) is 17.9 Å². The second-order valence-electron chi connectivity index (χ2n) is 7.53. The third kappa shape index (κ3) is 4.39. The number of carbonyl (C=O) groups excluding carboxylic acids is 2. The molecule has 2 aromatic carbocycles. The van der Waals surface area contributed by atoms with E-state index in [4.69, 9.17) is 11.6 Å². The number of nitrogens with one attached hydrogen (secondary N) is 2. The summed E-state index contributed by atoms with van der Waals surface area (Å²) in [5.74, 6) is -0.183. The maximum atomic E-state index is 12.9. The van der Waals surface area contributed by atoms with Gasteiger partial charge in [0.25, 0.3) is 11.8 Å². The Kier molecular flexibility index (Phi) is 5.86. The van der Waals surface area contributed by atoms with Crippen molar-refractivity contribution in [2.45, 2.75) is 25.8 Å². The Hall–Kier alpha value is -3.12. The highest BCUT2D eigenvalue weighted by Gasteiger charge is 2.26. The molecular weight excluding hydrogens is 400 g/mol. The molecule has 2 heterocycles. The minimum Gasteiger partial charge on any atom is -0.349 e. The molecule has 6 nitrogen and oxygen atoms in total. The van der Waals surface area contributed by atoms with Gasteiger partial charge in [-0.1, -0.05) is 35.9 Å². The number of carbonyl (C=O) groups is 2. The van der Waals surface area contributed by atoms with Crippen molar-refractivity contribution in [3.05, 3.63) is 76.4 Å². The average molecular weight is 423 g/mol. The quantitative estimate of drug-likeness (QED) is 0.665. The lowest BCUT2D eigenvalue weighted by atomic mass is 10.0. The van der Waals surface area contributed by atoms with Crippen LogP contribution in [0.25, 0.3) is 11.3 Å². The van der Waals surface area contributed by atoms with Crippen LogP contribution in [0.3, 0.4) is 0 Å². The first-order valence-corrected chi connectivity index (χ1v) is 10.4. The van der Waals surface area contributed by atoms with Crippen LogP contribution in [0.1, 0.15) is 39.3 Å². The molecule has 4 rings (SSSR count). The number of likely N-dealkylation sites (tertiary alicyclic amines) is 1. The third-order valence-corrected chi connectivity index (χ3v) is 5.71. The van der Waals surface area contributed by atoms with E-state index < -0.39 is 0 Å². The van der Waals surface area contributed by atoms with Gasteiger partial charge in [0.05, 0.1) is 5.69 Å². The molecule has 0 atom stereocenters. The minimum absolute atomic E-state index is 0.0431. The molecule has 1 aromatic heterocycles. The van der Waals surface area contributed by atoms with Crippen molar-refractivity contribution in [3.8, 4) is 11.3 Å². The lowest BCUT2D eigenvalue weighted by molar-refractivity contribution is 0.0692. The van der Waals surface area contributed by atoms with Crippen LogP contribution in [-0.4, -0.2) is 46.0 Å². The number of nitrogens with zero attached hydrogens (tertiary/aromatic N) is 2. The van der Waals surface area contributed by atoms with Gasteiger partial charge in [-0.3, -0.25) is 14.7 Å². The zero-order chi connectivity index (χ0) is 21.1. The summed E-state index contributed by atoms with van der Waals surface area (Å²) in [7, 11) is 0. The lowest BCUT2D eigenvalue weighted by Gasteiger charge is -2.32. The predicted molar refractivity (Wildman–Crippen MR) is 117 cm³/mol. The Morgan fingerprint density at radius 2 is 1.80 bits per heavy atom. The van der Waals surface area contributed by atoms with E-state index in [1.165, 1.54) is 0 Å². The molecule has 3 aromatic rings. The molecule has 2 amide bonds. The summed E-state index contributed by atoms with van der Waals surface area (Å²) < 4.78 is 0. The van der Waals surface area contributed by atoms with Gasteiger partial charge in [0.15, 0.2) is 0 Å². The molecule has 1 aliphatic heterocycles. The molecule has 7 heteroatoms. The topological polar surface area (TPSA) is 78.1 Å². The largest absolute Gasteiger partial charge is 0.349 e. The van der Waals surface area contributed by atoms with E-state index in [9.17, 15) is 9.59 Å². The zero-order valence-electron chi connectivity index (χ0n) is 16.7. The smallest absolute Gasteiger partial charge is 0.271 e. The van der Waals surface area contributed by atoms with Crippen molar-refractivity contribution >= 4 is 23.4 Å². The molecule has 0 unspecified atom stereocenters. The first-order valence-electron chi connectivity index (χ1n) is 9.98. The first-order chi connectivity index (χ1) is 14.5. The van der Waals surface area contributed by atoms with Crippen LogP contribution < -0.4 is 5.32 Å². The van der Waals surface area contributed by atoms with Gasteiger partial charge in [0, 0.05) is 35.3 Å². The van der Waals surface area contributed by atoms with Gasteiger partial charge in [-0.25, -0.2) is 0 Å². The highest BCUT2D eigenvalue weighted by atomic mass is 35.5. The van der Waals surface area contributed by atoms with Crippen LogP contribution in [0.2, 0.25) is 5.02 Å². The van der Waals surface area contributed by atoms with Gasteiger partial charge < -0.3 is 10.2 Å². The number of aromatic nitrogens is 2. The van der Waals surface area contributed by atoms with Crippen LogP contribution >= 0.6 is 11.6 Å². The Balaban J connectivity index is 1.34. The molecule has 0 spiro atoms. The van der Waals surface area contributed by atoms with Crippen LogP contribution in [0.4, 0.5) is 0 Å². The predicted octanol–water partition coefficient (Wildman–Crippen LogP) is 4.07. The second-order valence-corrected chi connectivity index (χ2v) is 7.97. The number of halogens is 1. The van der Waals surface area contributed by atoms with Gasteiger partial charge in [0.1, 0.15) is 5.69 Å². The summed E-state index contributed by atoms with van der Waals surface area (Å²) in [5.41, 5.74) is 3.95. The van der Waals surface area contributed by atoms with Crippen molar-refractivity contribution < 1.29 is 9.59 Å². The number of H-pyrrole nitrogens is 1. The molecular formula is C23H23ClN4O2. The molecule has 1 saturated heterocycles. The standard InChI is InChI=1S/C23H23ClN4O2/c1-15-4-2-3-5-19(15)20-14-21(27-26-20)23(30)28-12-10-18(11-13-28)25-22(29)16-6-8-17(24)9-7-16/h2-9,14,18H,10-13H2,1H3,(H,25,29)(H,26,27). The van der Waals surface area contributed by atoms with Crippen molar-refractivity contribution in [2.75, 3.05) is 13.1 Å². The molecule has 1 aliphatic rings. The summed E-state index contributed by atoms with van der Waals surface area (Å²) in [6.45, 7) is 3.20. The monoisotopic (exact) mass is 422 g/mol. The molecule has 30 heavy (non-hydrogen) atoms. The minimum atomic E-state index is -0.118. The molecule has 2 N–H and O–H groups in total. The van der Waals surface area contributed by atoms with E-state index in [1.54, 1.807) is 35.2 Å². The first kappa shape index (κ1) is 20.2. The summed E-state index contributed by atoms with van der Waals surface area (Å²) in [5, 5.41) is 10.8. The van der Waals surface area contributed by atoms with E-state index in [2.05, 4.69) is 15.5 Å². The Bertz CT molecular complexity index is 1050. The average Bonchev–Trinajstić information content (AvgIpc) is 3.24. The molecule has 1 fully saturated rings. The van der Waals surface area contributed by atoms with E-state index in [0.717, 1.165) is 16.8 Å². The maximum Gasteiger partial charge on any atom is 0.271 e. The van der Waals surface area contributed by atoms with Crippen molar-refractivity contribution in [1.29, 1.82) is 0 Å². The van der Waals surface area contributed by atoms with Gasteiger partial charge in [-0.2, -0.15) is 5.10 Å². The molecule has 0 aliphatic carbocycles. The van der Waals surface area contributed by atoms with Gasteiger partial charge in [-0.15, -0.1) is 0 Å². The normalized spacial score (nSPS) is 14.5. The van der Waals surface area contributed by atoms with Crippen molar-refractivity contribution in [2.24, 2.45) is 0 Å².